The number of nitrogens with zero attached hydrogens (tertiary/aromatic N) is 2. The lowest BCUT2D eigenvalue weighted by Crippen LogP contribution is -2.33. The second-order valence-electron chi connectivity index (χ2n) is 8.32. The van der Waals surface area contributed by atoms with Gasteiger partial charge in [-0.2, -0.15) is 5.10 Å². The summed E-state index contributed by atoms with van der Waals surface area (Å²) >= 11 is 0. The zero-order valence-electron chi connectivity index (χ0n) is 17.3. The monoisotopic (exact) mass is 442 g/mol. The van der Waals surface area contributed by atoms with Gasteiger partial charge in [0.15, 0.2) is 0 Å². The molecule has 8 nitrogen and oxygen atoms in total. The molecule has 2 aliphatic carbocycles. The van der Waals surface area contributed by atoms with Crippen LogP contribution in [0.15, 0.2) is 17.7 Å². The van der Waals surface area contributed by atoms with Gasteiger partial charge >= 0.3 is 6.03 Å². The van der Waals surface area contributed by atoms with Crippen molar-refractivity contribution in [1.82, 2.24) is 14.5 Å². The van der Waals surface area contributed by atoms with Crippen molar-refractivity contribution in [3.63, 3.8) is 0 Å². The van der Waals surface area contributed by atoms with Gasteiger partial charge in [-0.1, -0.05) is 6.07 Å². The Hall–Kier alpha value is -2.81. The minimum absolute atomic E-state index is 0.559. The van der Waals surface area contributed by atoms with E-state index in [1.807, 2.05) is 0 Å². The number of urea groups is 1. The molecule has 0 fully saturated rings. The first-order valence-electron chi connectivity index (χ1n) is 10.9. The van der Waals surface area contributed by atoms with Crippen molar-refractivity contribution in [2.24, 2.45) is 0 Å². The second kappa shape index (κ2) is 8.03. The number of sulfonamides is 1. The molecule has 164 valence electrons. The number of aryl methyl sites for hydroxylation is 3. The van der Waals surface area contributed by atoms with Gasteiger partial charge in [-0.15, -0.1) is 0 Å². The quantitative estimate of drug-likeness (QED) is 0.757. The van der Waals surface area contributed by atoms with Crippen LogP contribution in [0, 0.1) is 0 Å². The summed E-state index contributed by atoms with van der Waals surface area (Å²) in [5.41, 5.74) is 6.26. The number of aromatic nitrogens is 2. The predicted molar refractivity (Wildman–Crippen MR) is 118 cm³/mol. The Bertz CT molecular complexity index is 1130. The van der Waals surface area contributed by atoms with Crippen LogP contribution in [0.4, 0.5) is 10.5 Å². The summed E-state index contributed by atoms with van der Waals surface area (Å²) in [7, 11) is -3.98. The fourth-order valence-electron chi connectivity index (χ4n) is 4.78. The lowest BCUT2D eigenvalue weighted by atomic mass is 9.99. The molecule has 2 aromatic rings. The largest absolute Gasteiger partial charge is 0.477 e. The molecular formula is C22H26N4O4S. The first-order valence-corrected chi connectivity index (χ1v) is 12.4. The van der Waals surface area contributed by atoms with E-state index in [2.05, 4.69) is 21.2 Å². The molecule has 0 saturated carbocycles. The zero-order chi connectivity index (χ0) is 21.4. The third-order valence-corrected chi connectivity index (χ3v) is 7.16. The van der Waals surface area contributed by atoms with E-state index in [1.54, 1.807) is 10.9 Å². The van der Waals surface area contributed by atoms with E-state index in [0.717, 1.165) is 80.1 Å². The summed E-state index contributed by atoms with van der Waals surface area (Å²) in [6, 6.07) is 1.54. The highest BCUT2D eigenvalue weighted by Gasteiger charge is 2.25. The molecule has 0 radical (unpaired) electrons. The molecule has 1 aromatic heterocycles. The molecule has 0 saturated heterocycles. The molecule has 0 spiro atoms. The van der Waals surface area contributed by atoms with Gasteiger partial charge in [-0.25, -0.2) is 22.6 Å². The smallest absolute Gasteiger partial charge is 0.333 e. The highest BCUT2D eigenvalue weighted by molar-refractivity contribution is 7.93. The summed E-state index contributed by atoms with van der Waals surface area (Å²) < 4.78 is 34.5. The van der Waals surface area contributed by atoms with Gasteiger partial charge in [0.1, 0.15) is 0 Å². The number of rotatable bonds is 4. The number of anilines is 1. The molecule has 2 amide bonds. The molecule has 3 aliphatic rings. The molecule has 1 aliphatic heterocycles. The maximum atomic E-state index is 12.6. The van der Waals surface area contributed by atoms with Crippen LogP contribution < -0.4 is 14.8 Å². The van der Waals surface area contributed by atoms with E-state index < -0.39 is 16.1 Å². The number of ether oxygens (including phenoxy) is 1. The second-order valence-corrected chi connectivity index (χ2v) is 9.89. The Morgan fingerprint density at radius 2 is 1.81 bits per heavy atom. The fraction of sp³-hybridized carbons (Fsp3) is 0.455. The Kier molecular flexibility index (Phi) is 5.21. The number of fused-ring (bicyclic) bond motifs is 3. The highest BCUT2D eigenvalue weighted by atomic mass is 32.2. The van der Waals surface area contributed by atoms with Gasteiger partial charge in [0, 0.05) is 12.2 Å². The lowest BCUT2D eigenvalue weighted by molar-refractivity contribution is 0.256. The van der Waals surface area contributed by atoms with Crippen LogP contribution in [0.25, 0.3) is 6.08 Å². The normalized spacial score (nSPS) is 17.5. The Morgan fingerprint density at radius 3 is 2.55 bits per heavy atom. The van der Waals surface area contributed by atoms with Crippen molar-refractivity contribution in [2.45, 2.75) is 57.9 Å². The van der Waals surface area contributed by atoms with E-state index >= 15 is 0 Å². The number of nitrogens with one attached hydrogen (secondary N) is 2. The molecule has 0 atom stereocenters. The summed E-state index contributed by atoms with van der Waals surface area (Å²) in [6.07, 6.45) is 10.9. The Labute approximate surface area is 181 Å². The van der Waals surface area contributed by atoms with Crippen LogP contribution in [-0.2, 0) is 42.3 Å². The molecular weight excluding hydrogens is 416 g/mol. The molecule has 2 heterocycles. The molecule has 2 N–H and O–H groups in total. The topological polar surface area (TPSA) is 102 Å². The first-order chi connectivity index (χ1) is 15.0. The Balaban J connectivity index is 1.31. The number of carbonyl (C=O) groups excluding carboxylic acids is 1. The van der Waals surface area contributed by atoms with Gasteiger partial charge in [-0.05, 0) is 79.7 Å². The van der Waals surface area contributed by atoms with Crippen LogP contribution >= 0.6 is 0 Å². The van der Waals surface area contributed by atoms with Crippen molar-refractivity contribution >= 4 is 27.8 Å². The maximum absolute atomic E-state index is 12.6. The minimum Gasteiger partial charge on any atom is -0.477 e. The van der Waals surface area contributed by atoms with E-state index in [4.69, 9.17) is 4.74 Å². The SMILES string of the molecule is O=C(Nc1c2c(cc3c1CCC3)CCC2)NS(=O)(=O)/C=C/c1cnn2c1OCCCC2. The van der Waals surface area contributed by atoms with E-state index in [0.29, 0.717) is 18.1 Å². The van der Waals surface area contributed by atoms with Gasteiger partial charge in [-0.3, -0.25) is 0 Å². The molecule has 0 bridgehead atoms. The molecule has 5 rings (SSSR count). The van der Waals surface area contributed by atoms with Crippen LogP contribution in [0.2, 0.25) is 0 Å². The Morgan fingerprint density at radius 1 is 1.06 bits per heavy atom. The van der Waals surface area contributed by atoms with Crippen LogP contribution in [-0.4, -0.2) is 30.8 Å². The number of amides is 2. The van der Waals surface area contributed by atoms with Crippen molar-refractivity contribution in [3.05, 3.63) is 45.5 Å². The van der Waals surface area contributed by atoms with Gasteiger partial charge in [0.25, 0.3) is 10.0 Å². The summed E-state index contributed by atoms with van der Waals surface area (Å²) in [4.78, 5) is 12.6. The van der Waals surface area contributed by atoms with Crippen LogP contribution in [0.5, 0.6) is 5.88 Å². The summed E-state index contributed by atoms with van der Waals surface area (Å²) in [5.74, 6) is 0.559. The van der Waals surface area contributed by atoms with E-state index in [1.165, 1.54) is 17.2 Å². The molecule has 0 unspecified atom stereocenters. The fourth-order valence-corrected chi connectivity index (χ4v) is 5.49. The zero-order valence-corrected chi connectivity index (χ0v) is 18.1. The molecule has 31 heavy (non-hydrogen) atoms. The average Bonchev–Trinajstić information content (AvgIpc) is 3.43. The van der Waals surface area contributed by atoms with E-state index in [9.17, 15) is 13.2 Å². The highest BCUT2D eigenvalue weighted by Crippen LogP contribution is 2.38. The standard InChI is InChI=1S/C22H26N4O4S/c27-22(24-20-18-7-3-5-15(18)13-16-6-4-8-19(16)20)25-31(28,29)12-9-17-14-23-26-10-1-2-11-30-21(17)26/h9,12-14H,1-8,10-11H2,(H2,24,25,27)/b12-9+. The number of hydrogen-bond donors (Lipinski definition) is 2. The lowest BCUT2D eigenvalue weighted by Gasteiger charge is -2.16. The maximum Gasteiger partial charge on any atom is 0.333 e. The number of hydrogen-bond acceptors (Lipinski definition) is 5. The third-order valence-electron chi connectivity index (χ3n) is 6.19. The van der Waals surface area contributed by atoms with Gasteiger partial charge in [0.05, 0.1) is 23.8 Å². The van der Waals surface area contributed by atoms with Gasteiger partial charge < -0.3 is 10.1 Å². The van der Waals surface area contributed by atoms with Crippen molar-refractivity contribution < 1.29 is 17.9 Å². The minimum atomic E-state index is -3.98. The molecule has 9 heteroatoms. The van der Waals surface area contributed by atoms with Crippen molar-refractivity contribution in [1.29, 1.82) is 0 Å². The number of carbonyl (C=O) groups is 1. The molecule has 1 aromatic carbocycles. The van der Waals surface area contributed by atoms with E-state index in [-0.39, 0.29) is 0 Å². The van der Waals surface area contributed by atoms with Crippen LogP contribution in [0.3, 0.4) is 0 Å². The van der Waals surface area contributed by atoms with Crippen LogP contribution in [0.1, 0.15) is 53.5 Å². The average molecular weight is 443 g/mol. The third kappa shape index (κ3) is 4.06. The van der Waals surface area contributed by atoms with Crippen molar-refractivity contribution in [3.8, 4) is 5.88 Å². The van der Waals surface area contributed by atoms with Crippen molar-refractivity contribution in [2.75, 3.05) is 11.9 Å². The predicted octanol–water partition coefficient (Wildman–Crippen LogP) is 3.16. The number of benzene rings is 1. The first kappa shape index (κ1) is 20.1. The van der Waals surface area contributed by atoms with Gasteiger partial charge in [0.2, 0.25) is 5.88 Å². The summed E-state index contributed by atoms with van der Waals surface area (Å²) in [6.45, 7) is 1.31. The summed E-state index contributed by atoms with van der Waals surface area (Å²) in [5, 5.41) is 8.08.